The van der Waals surface area contributed by atoms with E-state index in [2.05, 4.69) is 43.5 Å². The number of unbranched alkanes of at least 4 members (excludes halogenated alkanes) is 22. The smallest absolute Gasteiger partial charge is 0.220 e. The van der Waals surface area contributed by atoms with Crippen LogP contribution in [0, 0.1) is 0 Å². The first-order valence-electron chi connectivity index (χ1n) is 18.5. The summed E-state index contributed by atoms with van der Waals surface area (Å²) >= 11 is 0. The fourth-order valence-corrected chi connectivity index (χ4v) is 5.57. The molecule has 2 atom stereocenters. The highest BCUT2D eigenvalue weighted by Gasteiger charge is 2.19. The molecule has 42 heavy (non-hydrogen) atoms. The molecule has 0 aromatic carbocycles. The highest BCUT2D eigenvalue weighted by atomic mass is 16.3. The van der Waals surface area contributed by atoms with Gasteiger partial charge in [-0.2, -0.15) is 0 Å². The van der Waals surface area contributed by atoms with Gasteiger partial charge in [-0.15, -0.1) is 0 Å². The molecular formula is C38H73NO3. The van der Waals surface area contributed by atoms with E-state index in [4.69, 9.17) is 0 Å². The lowest BCUT2D eigenvalue weighted by molar-refractivity contribution is -0.123. The molecule has 2 unspecified atom stereocenters. The molecule has 0 aliphatic heterocycles. The second-order valence-corrected chi connectivity index (χ2v) is 12.6. The summed E-state index contributed by atoms with van der Waals surface area (Å²) in [5, 5.41) is 23.0. The van der Waals surface area contributed by atoms with Gasteiger partial charge in [0.25, 0.3) is 0 Å². The fraction of sp³-hybridized carbons (Fsp3) is 0.868. The highest BCUT2D eigenvalue weighted by Crippen LogP contribution is 2.15. The van der Waals surface area contributed by atoms with E-state index >= 15 is 0 Å². The molecule has 0 fully saturated rings. The molecule has 0 saturated carbocycles. The number of hydrogen-bond acceptors (Lipinski definition) is 3. The van der Waals surface area contributed by atoms with Crippen LogP contribution >= 0.6 is 0 Å². The molecule has 0 aliphatic carbocycles. The van der Waals surface area contributed by atoms with Crippen molar-refractivity contribution in [2.24, 2.45) is 0 Å². The van der Waals surface area contributed by atoms with Crippen LogP contribution in [0.1, 0.15) is 194 Å². The number of aliphatic hydroxyl groups is 2. The zero-order valence-electron chi connectivity index (χ0n) is 28.3. The van der Waals surface area contributed by atoms with Crippen molar-refractivity contribution in [1.82, 2.24) is 5.32 Å². The third-order valence-electron chi connectivity index (χ3n) is 8.47. The van der Waals surface area contributed by atoms with Gasteiger partial charge in [0.1, 0.15) is 0 Å². The summed E-state index contributed by atoms with van der Waals surface area (Å²) in [5.74, 6) is -0.0459. The number of aliphatic hydroxyl groups excluding tert-OH is 2. The van der Waals surface area contributed by atoms with Crippen LogP contribution in [0.15, 0.2) is 24.3 Å². The summed E-state index contributed by atoms with van der Waals surface area (Å²) < 4.78 is 0. The Morgan fingerprint density at radius 3 is 1.45 bits per heavy atom. The number of amides is 1. The van der Waals surface area contributed by atoms with Gasteiger partial charge in [0, 0.05) is 6.42 Å². The quantitative estimate of drug-likeness (QED) is 0.0525. The van der Waals surface area contributed by atoms with Gasteiger partial charge in [-0.1, -0.05) is 167 Å². The lowest BCUT2D eigenvalue weighted by Crippen LogP contribution is -2.45. The van der Waals surface area contributed by atoms with Gasteiger partial charge in [0.05, 0.1) is 18.8 Å². The van der Waals surface area contributed by atoms with Crippen LogP contribution in [0.3, 0.4) is 0 Å². The van der Waals surface area contributed by atoms with Crippen molar-refractivity contribution in [3.8, 4) is 0 Å². The van der Waals surface area contributed by atoms with Crippen LogP contribution in [0.25, 0.3) is 0 Å². The van der Waals surface area contributed by atoms with E-state index in [-0.39, 0.29) is 12.5 Å². The Morgan fingerprint density at radius 1 is 0.571 bits per heavy atom. The number of hydrogen-bond donors (Lipinski definition) is 3. The highest BCUT2D eigenvalue weighted by molar-refractivity contribution is 5.76. The molecule has 0 saturated heterocycles. The van der Waals surface area contributed by atoms with Crippen LogP contribution in [-0.2, 0) is 4.79 Å². The van der Waals surface area contributed by atoms with Crippen LogP contribution < -0.4 is 5.32 Å². The van der Waals surface area contributed by atoms with Crippen LogP contribution in [0.4, 0.5) is 0 Å². The maximum atomic E-state index is 12.3. The van der Waals surface area contributed by atoms with Crippen molar-refractivity contribution in [1.29, 1.82) is 0 Å². The van der Waals surface area contributed by atoms with Crippen molar-refractivity contribution in [3.63, 3.8) is 0 Å². The molecule has 3 N–H and O–H groups in total. The zero-order chi connectivity index (χ0) is 30.8. The molecule has 0 aliphatic rings. The minimum absolute atomic E-state index is 0.0459. The van der Waals surface area contributed by atoms with Crippen molar-refractivity contribution >= 4 is 5.91 Å². The molecular weight excluding hydrogens is 518 g/mol. The van der Waals surface area contributed by atoms with Crippen LogP contribution in [0.2, 0.25) is 0 Å². The Labute approximate surface area is 262 Å². The minimum atomic E-state index is -0.661. The molecule has 0 radical (unpaired) electrons. The summed E-state index contributed by atoms with van der Waals surface area (Å²) in [4.78, 5) is 12.3. The summed E-state index contributed by atoms with van der Waals surface area (Å²) in [6.07, 6.45) is 42.2. The molecule has 0 heterocycles. The first-order chi connectivity index (χ1) is 20.7. The molecule has 0 rings (SSSR count). The van der Waals surface area contributed by atoms with Gasteiger partial charge in [0.15, 0.2) is 0 Å². The van der Waals surface area contributed by atoms with Crippen LogP contribution in [-0.4, -0.2) is 34.9 Å². The standard InChI is InChI=1S/C38H73NO3/c1-3-5-7-9-11-13-15-17-19-20-22-24-26-28-30-32-34-38(42)39-36(35-40)37(41)33-31-29-27-25-23-21-18-16-14-12-10-8-6-4-2/h13,15,19-20,36-37,40-41H,3-12,14,16-18,21-35H2,1-2H3,(H,39,42)/b15-13-,20-19-. The monoisotopic (exact) mass is 592 g/mol. The topological polar surface area (TPSA) is 69.6 Å². The average molecular weight is 592 g/mol. The van der Waals surface area contributed by atoms with E-state index < -0.39 is 12.1 Å². The summed E-state index contributed by atoms with van der Waals surface area (Å²) in [6, 6.07) is -0.540. The van der Waals surface area contributed by atoms with Gasteiger partial charge in [-0.3, -0.25) is 4.79 Å². The molecule has 0 aromatic rings. The van der Waals surface area contributed by atoms with E-state index in [1.54, 1.807) is 0 Å². The van der Waals surface area contributed by atoms with E-state index in [1.807, 2.05) is 0 Å². The van der Waals surface area contributed by atoms with E-state index in [9.17, 15) is 15.0 Å². The van der Waals surface area contributed by atoms with E-state index in [1.165, 1.54) is 122 Å². The largest absolute Gasteiger partial charge is 0.394 e. The Bertz CT molecular complexity index is 603. The van der Waals surface area contributed by atoms with Crippen molar-refractivity contribution in [2.75, 3.05) is 6.61 Å². The normalized spacial score (nSPS) is 13.3. The number of allylic oxidation sites excluding steroid dienone is 4. The third-order valence-corrected chi connectivity index (χ3v) is 8.47. The summed E-state index contributed by atoms with van der Waals surface area (Å²) in [5.41, 5.74) is 0. The van der Waals surface area contributed by atoms with Crippen molar-refractivity contribution in [2.45, 2.75) is 206 Å². The molecule has 248 valence electrons. The lowest BCUT2D eigenvalue weighted by atomic mass is 10.0. The number of carbonyl (C=O) groups is 1. The van der Waals surface area contributed by atoms with Gasteiger partial charge in [-0.05, 0) is 44.9 Å². The first-order valence-corrected chi connectivity index (χ1v) is 18.5. The number of carbonyl (C=O) groups excluding carboxylic acids is 1. The number of rotatable bonds is 33. The van der Waals surface area contributed by atoms with Crippen molar-refractivity contribution in [3.05, 3.63) is 24.3 Å². The molecule has 4 heteroatoms. The van der Waals surface area contributed by atoms with Crippen LogP contribution in [0.5, 0.6) is 0 Å². The van der Waals surface area contributed by atoms with Gasteiger partial charge in [-0.25, -0.2) is 0 Å². The molecule has 0 bridgehead atoms. The zero-order valence-corrected chi connectivity index (χ0v) is 28.3. The fourth-order valence-electron chi connectivity index (χ4n) is 5.57. The van der Waals surface area contributed by atoms with E-state index in [0.29, 0.717) is 12.8 Å². The molecule has 0 aromatic heterocycles. The second kappa shape index (κ2) is 34.4. The Hall–Kier alpha value is -1.13. The van der Waals surface area contributed by atoms with Gasteiger partial charge >= 0.3 is 0 Å². The Kier molecular flexibility index (Phi) is 33.4. The minimum Gasteiger partial charge on any atom is -0.394 e. The summed E-state index contributed by atoms with van der Waals surface area (Å²) in [7, 11) is 0. The Balaban J connectivity index is 3.60. The van der Waals surface area contributed by atoms with E-state index in [0.717, 1.165) is 44.9 Å². The maximum Gasteiger partial charge on any atom is 0.220 e. The predicted molar refractivity (Wildman–Crippen MR) is 184 cm³/mol. The molecule has 1 amide bonds. The maximum absolute atomic E-state index is 12.3. The lowest BCUT2D eigenvalue weighted by Gasteiger charge is -2.22. The third kappa shape index (κ3) is 30.3. The Morgan fingerprint density at radius 2 is 0.976 bits per heavy atom. The van der Waals surface area contributed by atoms with Crippen molar-refractivity contribution < 1.29 is 15.0 Å². The number of nitrogens with one attached hydrogen (secondary N) is 1. The molecule has 0 spiro atoms. The SMILES string of the molecule is CCCCCC/C=C\C/C=C\CCCCCCCC(=O)NC(CO)C(O)CCCCCCCCCCCCCCCC. The average Bonchev–Trinajstić information content (AvgIpc) is 2.99. The predicted octanol–water partition coefficient (Wildman–Crippen LogP) is 10.9. The summed E-state index contributed by atoms with van der Waals surface area (Å²) in [6.45, 7) is 4.33. The van der Waals surface area contributed by atoms with Gasteiger partial charge < -0.3 is 15.5 Å². The second-order valence-electron chi connectivity index (χ2n) is 12.6. The van der Waals surface area contributed by atoms with Gasteiger partial charge in [0.2, 0.25) is 5.91 Å². The molecule has 4 nitrogen and oxygen atoms in total. The first kappa shape index (κ1) is 40.9.